The summed E-state index contributed by atoms with van der Waals surface area (Å²) in [7, 11) is 0. The molecule has 1 amide bonds. The van der Waals surface area contributed by atoms with Crippen LogP contribution in [-0.4, -0.2) is 21.7 Å². The lowest BCUT2D eigenvalue weighted by Crippen LogP contribution is -2.28. The van der Waals surface area contributed by atoms with Crippen molar-refractivity contribution in [1.29, 1.82) is 0 Å². The molecule has 0 atom stereocenters. The lowest BCUT2D eigenvalue weighted by atomic mass is 10.0. The highest BCUT2D eigenvalue weighted by molar-refractivity contribution is 5.82. The molecule has 3 N–H and O–H groups in total. The Labute approximate surface area is 112 Å². The Bertz CT molecular complexity index is 437. The molecule has 1 rings (SSSR count). The van der Waals surface area contributed by atoms with E-state index < -0.39 is 17.3 Å². The summed E-state index contributed by atoms with van der Waals surface area (Å²) in [5.74, 6) is 5.34. The zero-order valence-corrected chi connectivity index (χ0v) is 11.9. The minimum Gasteiger partial charge on any atom is -0.444 e. The van der Waals surface area contributed by atoms with Gasteiger partial charge < -0.3 is 4.74 Å². The van der Waals surface area contributed by atoms with Crippen LogP contribution in [0.1, 0.15) is 40.2 Å². The van der Waals surface area contributed by atoms with E-state index in [-0.39, 0.29) is 5.95 Å². The van der Waals surface area contributed by atoms with E-state index in [2.05, 4.69) is 15.3 Å². The van der Waals surface area contributed by atoms with Crippen LogP contribution in [0.3, 0.4) is 0 Å². The molecule has 19 heavy (non-hydrogen) atoms. The summed E-state index contributed by atoms with van der Waals surface area (Å²) < 4.78 is 5.09. The fraction of sp³-hybridized carbons (Fsp3) is 0.583. The molecule has 1 aromatic rings. The molecule has 1 aromatic heterocycles. The van der Waals surface area contributed by atoms with Gasteiger partial charge in [-0.2, -0.15) is 0 Å². The molecule has 0 fully saturated rings. The number of nitrogens with two attached hydrogens (primary N) is 1. The molecule has 0 radical (unpaired) electrons. The van der Waals surface area contributed by atoms with Gasteiger partial charge in [-0.3, -0.25) is 10.2 Å². The monoisotopic (exact) mass is 268 g/mol. The van der Waals surface area contributed by atoms with E-state index in [0.717, 1.165) is 0 Å². The van der Waals surface area contributed by atoms with Crippen LogP contribution in [0.15, 0.2) is 12.4 Å². The summed E-state index contributed by atoms with van der Waals surface area (Å²) in [6, 6.07) is 0. The van der Waals surface area contributed by atoms with E-state index >= 15 is 0 Å². The van der Waals surface area contributed by atoms with Crippen molar-refractivity contribution < 1.29 is 14.4 Å². The Morgan fingerprint density at radius 2 is 1.74 bits per heavy atom. The van der Waals surface area contributed by atoms with Gasteiger partial charge in [-0.25, -0.2) is 20.7 Å². The van der Waals surface area contributed by atoms with Crippen LogP contribution in [0.25, 0.3) is 0 Å². The summed E-state index contributed by atoms with van der Waals surface area (Å²) in [4.78, 5) is 24.3. The van der Waals surface area contributed by atoms with Gasteiger partial charge in [0.2, 0.25) is 5.95 Å². The van der Waals surface area contributed by atoms with Crippen LogP contribution in [0.5, 0.6) is 0 Å². The molecule has 0 aromatic carbocycles. The SMILES string of the molecule is CC(C)(C)OC(=O)Nc1ncc(C(C)(C)ON)cn1. The molecule has 1 heterocycles. The predicted molar refractivity (Wildman–Crippen MR) is 70.2 cm³/mol. The number of hydrogen-bond acceptors (Lipinski definition) is 6. The third-order valence-corrected chi connectivity index (χ3v) is 2.25. The number of amides is 1. The highest BCUT2D eigenvalue weighted by atomic mass is 16.6. The Hall–Kier alpha value is -1.73. The molecule has 0 aliphatic carbocycles. The second-order valence-electron chi connectivity index (χ2n) is 5.55. The molecule has 0 bridgehead atoms. The molecule has 0 saturated carbocycles. The van der Waals surface area contributed by atoms with Crippen molar-refractivity contribution in [3.63, 3.8) is 0 Å². The van der Waals surface area contributed by atoms with Crippen LogP contribution in [-0.2, 0) is 15.2 Å². The first kappa shape index (κ1) is 15.3. The number of nitrogens with one attached hydrogen (secondary N) is 1. The molecule has 0 saturated heterocycles. The predicted octanol–water partition coefficient (Wildman–Crippen LogP) is 1.95. The Kier molecular flexibility index (Phi) is 4.43. The van der Waals surface area contributed by atoms with Gasteiger partial charge in [0.15, 0.2) is 0 Å². The van der Waals surface area contributed by atoms with Crippen molar-refractivity contribution in [3.8, 4) is 0 Å². The number of ether oxygens (including phenoxy) is 1. The topological polar surface area (TPSA) is 99.4 Å². The van der Waals surface area contributed by atoms with Crippen molar-refractivity contribution in [1.82, 2.24) is 9.97 Å². The summed E-state index contributed by atoms with van der Waals surface area (Å²) >= 11 is 0. The van der Waals surface area contributed by atoms with Crippen molar-refractivity contribution in [2.45, 2.75) is 45.8 Å². The summed E-state index contributed by atoms with van der Waals surface area (Å²) in [6.45, 7) is 8.90. The smallest absolute Gasteiger partial charge is 0.414 e. The summed E-state index contributed by atoms with van der Waals surface area (Å²) in [5, 5.41) is 2.44. The minimum atomic E-state index is -0.690. The highest BCUT2D eigenvalue weighted by Gasteiger charge is 2.22. The van der Waals surface area contributed by atoms with E-state index in [1.807, 2.05) is 0 Å². The number of hydrogen-bond donors (Lipinski definition) is 2. The second-order valence-corrected chi connectivity index (χ2v) is 5.55. The van der Waals surface area contributed by atoms with Crippen LogP contribution >= 0.6 is 0 Å². The van der Waals surface area contributed by atoms with Gasteiger partial charge in [0.25, 0.3) is 0 Å². The lowest BCUT2D eigenvalue weighted by molar-refractivity contribution is -0.0240. The van der Waals surface area contributed by atoms with Gasteiger partial charge in [0, 0.05) is 18.0 Å². The maximum Gasteiger partial charge on any atom is 0.414 e. The molecular formula is C12H20N4O3. The first-order valence-electron chi connectivity index (χ1n) is 5.84. The standard InChI is InChI=1S/C12H20N4O3/c1-11(2,3)18-10(17)16-9-14-6-8(7-15-9)12(4,5)19-13/h6-7H,13H2,1-5H3,(H,14,15,16,17). The van der Waals surface area contributed by atoms with E-state index in [9.17, 15) is 4.79 Å². The zero-order chi connectivity index (χ0) is 14.7. The number of rotatable bonds is 3. The minimum absolute atomic E-state index is 0.158. The van der Waals surface area contributed by atoms with Gasteiger partial charge in [-0.05, 0) is 34.6 Å². The number of carbonyl (C=O) groups excluding carboxylic acids is 1. The maximum atomic E-state index is 11.5. The molecule has 7 nitrogen and oxygen atoms in total. The van der Waals surface area contributed by atoms with Gasteiger partial charge in [0.1, 0.15) is 11.2 Å². The van der Waals surface area contributed by atoms with Gasteiger partial charge in [-0.15, -0.1) is 0 Å². The van der Waals surface area contributed by atoms with Gasteiger partial charge >= 0.3 is 6.09 Å². The molecule has 0 aliphatic heterocycles. The number of nitrogens with zero attached hydrogens (tertiary/aromatic N) is 2. The third-order valence-electron chi connectivity index (χ3n) is 2.25. The number of anilines is 1. The quantitative estimate of drug-likeness (QED) is 0.813. The average Bonchev–Trinajstić information content (AvgIpc) is 2.27. The summed E-state index contributed by atoms with van der Waals surface area (Å²) in [6.07, 6.45) is 2.47. The first-order chi connectivity index (χ1) is 8.64. The molecule has 0 unspecified atom stereocenters. The fourth-order valence-corrected chi connectivity index (χ4v) is 1.17. The highest BCUT2D eigenvalue weighted by Crippen LogP contribution is 2.21. The van der Waals surface area contributed by atoms with Crippen LogP contribution in [0, 0.1) is 0 Å². The van der Waals surface area contributed by atoms with Crippen molar-refractivity contribution in [3.05, 3.63) is 18.0 Å². The molecule has 0 spiro atoms. The zero-order valence-electron chi connectivity index (χ0n) is 11.9. The fourth-order valence-electron chi connectivity index (χ4n) is 1.17. The van der Waals surface area contributed by atoms with Gasteiger partial charge in [0.05, 0.1) is 0 Å². The average molecular weight is 268 g/mol. The largest absolute Gasteiger partial charge is 0.444 e. The lowest BCUT2D eigenvalue weighted by Gasteiger charge is -2.21. The van der Waals surface area contributed by atoms with Crippen molar-refractivity contribution in [2.75, 3.05) is 5.32 Å². The molecule has 0 aliphatic rings. The number of aromatic nitrogens is 2. The van der Waals surface area contributed by atoms with E-state index in [1.54, 1.807) is 34.6 Å². The van der Waals surface area contributed by atoms with Gasteiger partial charge in [-0.1, -0.05) is 0 Å². The molecule has 106 valence electrons. The van der Waals surface area contributed by atoms with Crippen LogP contribution < -0.4 is 11.2 Å². The Balaban J connectivity index is 2.70. The molecular weight excluding hydrogens is 248 g/mol. The van der Waals surface area contributed by atoms with Crippen LogP contribution in [0.2, 0.25) is 0 Å². The third kappa shape index (κ3) is 4.80. The maximum absolute atomic E-state index is 11.5. The van der Waals surface area contributed by atoms with Crippen LogP contribution in [0.4, 0.5) is 10.7 Å². The van der Waals surface area contributed by atoms with Crippen molar-refractivity contribution >= 4 is 12.0 Å². The Morgan fingerprint density at radius 3 is 2.16 bits per heavy atom. The summed E-state index contributed by atoms with van der Waals surface area (Å²) in [5.41, 5.74) is -0.561. The Morgan fingerprint density at radius 1 is 1.21 bits per heavy atom. The van der Waals surface area contributed by atoms with Crippen molar-refractivity contribution in [2.24, 2.45) is 5.90 Å². The first-order valence-corrected chi connectivity index (χ1v) is 5.84. The molecule has 7 heteroatoms. The van der Waals surface area contributed by atoms with E-state index in [1.165, 1.54) is 12.4 Å². The number of carbonyl (C=O) groups is 1. The normalized spacial score (nSPS) is 12.1. The van der Waals surface area contributed by atoms with E-state index in [0.29, 0.717) is 5.56 Å². The second kappa shape index (κ2) is 5.50. The van der Waals surface area contributed by atoms with E-state index in [4.69, 9.17) is 15.5 Å².